The molecule has 0 bridgehead atoms. The van der Waals surface area contributed by atoms with E-state index in [1.54, 1.807) is 0 Å². The van der Waals surface area contributed by atoms with Crippen molar-refractivity contribution in [3.8, 4) is 5.69 Å². The molecule has 1 saturated heterocycles. The van der Waals surface area contributed by atoms with Gasteiger partial charge < -0.3 is 5.11 Å². The molecule has 0 aliphatic carbocycles. The minimum Gasteiger partial charge on any atom is -0.396 e. The second-order valence-corrected chi connectivity index (χ2v) is 5.88. The maximum absolute atomic E-state index is 9.09. The summed E-state index contributed by atoms with van der Waals surface area (Å²) in [6, 6.07) is 10.2. The van der Waals surface area contributed by atoms with E-state index < -0.39 is 0 Å². The summed E-state index contributed by atoms with van der Waals surface area (Å²) in [5.74, 6) is 0.646. The number of benzene rings is 1. The largest absolute Gasteiger partial charge is 0.396 e. The van der Waals surface area contributed by atoms with Crippen LogP contribution in [0.4, 0.5) is 0 Å². The fourth-order valence-corrected chi connectivity index (χ4v) is 3.13. The van der Waals surface area contributed by atoms with Gasteiger partial charge in [0.25, 0.3) is 0 Å². The Morgan fingerprint density at radius 2 is 2.10 bits per heavy atom. The van der Waals surface area contributed by atoms with Crippen LogP contribution in [0.3, 0.4) is 0 Å². The van der Waals surface area contributed by atoms with E-state index in [1.807, 2.05) is 29.1 Å². The smallest absolute Gasteiger partial charge is 0.0645 e. The Balaban J connectivity index is 1.62. The lowest BCUT2D eigenvalue weighted by molar-refractivity contribution is 0.142. The lowest BCUT2D eigenvalue weighted by atomic mass is 9.95. The standard InChI is InChI=1S/C17H23N3O/c21-10-8-15-5-4-9-19(12-15)13-16-11-18-20(14-16)17-6-2-1-3-7-17/h1-3,6-7,11,14-15,21H,4-5,8-10,12-13H2. The average Bonchev–Trinajstić information content (AvgIpc) is 2.97. The predicted molar refractivity (Wildman–Crippen MR) is 83.3 cm³/mol. The Kier molecular flexibility index (Phi) is 4.68. The van der Waals surface area contributed by atoms with Crippen LogP contribution in [0.2, 0.25) is 0 Å². The molecule has 1 aliphatic heterocycles. The van der Waals surface area contributed by atoms with Gasteiger partial charge >= 0.3 is 0 Å². The molecule has 1 fully saturated rings. The Bertz CT molecular complexity index is 550. The first-order chi connectivity index (χ1) is 10.3. The summed E-state index contributed by atoms with van der Waals surface area (Å²) >= 11 is 0. The number of likely N-dealkylation sites (tertiary alicyclic amines) is 1. The molecule has 0 radical (unpaired) electrons. The van der Waals surface area contributed by atoms with Crippen molar-refractivity contribution in [2.45, 2.75) is 25.8 Å². The maximum atomic E-state index is 9.09. The molecule has 1 aromatic carbocycles. The number of aliphatic hydroxyl groups excluding tert-OH is 1. The van der Waals surface area contributed by atoms with Gasteiger partial charge in [-0.15, -0.1) is 0 Å². The van der Waals surface area contributed by atoms with Crippen LogP contribution < -0.4 is 0 Å². The van der Waals surface area contributed by atoms with Crippen molar-refractivity contribution in [1.82, 2.24) is 14.7 Å². The first-order valence-corrected chi connectivity index (χ1v) is 7.77. The van der Waals surface area contributed by atoms with Crippen LogP contribution >= 0.6 is 0 Å². The summed E-state index contributed by atoms with van der Waals surface area (Å²) in [5, 5.41) is 13.5. The van der Waals surface area contributed by atoms with Crippen molar-refractivity contribution in [3.05, 3.63) is 48.3 Å². The molecule has 4 nitrogen and oxygen atoms in total. The van der Waals surface area contributed by atoms with Gasteiger partial charge in [-0.05, 0) is 43.9 Å². The summed E-state index contributed by atoms with van der Waals surface area (Å²) in [7, 11) is 0. The fraction of sp³-hybridized carbons (Fsp3) is 0.471. The second kappa shape index (κ2) is 6.87. The molecule has 2 aromatic rings. The Labute approximate surface area is 126 Å². The minimum absolute atomic E-state index is 0.310. The number of aromatic nitrogens is 2. The molecule has 0 amide bonds. The van der Waals surface area contributed by atoms with Gasteiger partial charge in [0.1, 0.15) is 0 Å². The van der Waals surface area contributed by atoms with Crippen LogP contribution in [0, 0.1) is 5.92 Å². The van der Waals surface area contributed by atoms with Crippen molar-refractivity contribution in [3.63, 3.8) is 0 Å². The molecule has 1 aliphatic rings. The van der Waals surface area contributed by atoms with Gasteiger partial charge in [-0.3, -0.25) is 4.90 Å². The molecule has 21 heavy (non-hydrogen) atoms. The van der Waals surface area contributed by atoms with Crippen LogP contribution in [-0.2, 0) is 6.54 Å². The van der Waals surface area contributed by atoms with E-state index >= 15 is 0 Å². The van der Waals surface area contributed by atoms with E-state index in [0.717, 1.165) is 31.7 Å². The van der Waals surface area contributed by atoms with Crippen LogP contribution in [0.25, 0.3) is 5.69 Å². The van der Waals surface area contributed by atoms with E-state index in [2.05, 4.69) is 28.3 Å². The van der Waals surface area contributed by atoms with Crippen molar-refractivity contribution in [2.75, 3.05) is 19.7 Å². The molecule has 1 atom stereocenters. The highest BCUT2D eigenvalue weighted by molar-refractivity contribution is 5.30. The number of aliphatic hydroxyl groups is 1. The molecule has 1 aromatic heterocycles. The Morgan fingerprint density at radius 1 is 1.24 bits per heavy atom. The lowest BCUT2D eigenvalue weighted by Gasteiger charge is -2.32. The zero-order valence-electron chi connectivity index (χ0n) is 12.4. The third kappa shape index (κ3) is 3.71. The average molecular weight is 285 g/mol. The first-order valence-electron chi connectivity index (χ1n) is 7.77. The molecule has 4 heteroatoms. The second-order valence-electron chi connectivity index (χ2n) is 5.88. The predicted octanol–water partition coefficient (Wildman–Crippen LogP) is 2.47. The van der Waals surface area contributed by atoms with E-state index in [1.165, 1.54) is 18.4 Å². The molecule has 1 unspecified atom stereocenters. The third-order valence-electron chi connectivity index (χ3n) is 4.20. The van der Waals surface area contributed by atoms with Crippen molar-refractivity contribution in [2.24, 2.45) is 5.92 Å². The quantitative estimate of drug-likeness (QED) is 0.917. The third-order valence-corrected chi connectivity index (χ3v) is 4.20. The van der Waals surface area contributed by atoms with Gasteiger partial charge in [-0.1, -0.05) is 18.2 Å². The van der Waals surface area contributed by atoms with Crippen LogP contribution in [0.5, 0.6) is 0 Å². The van der Waals surface area contributed by atoms with E-state index in [9.17, 15) is 0 Å². The first kappa shape index (κ1) is 14.3. The summed E-state index contributed by atoms with van der Waals surface area (Å²) in [4.78, 5) is 2.48. The van der Waals surface area contributed by atoms with Crippen molar-refractivity contribution >= 4 is 0 Å². The molecule has 2 heterocycles. The van der Waals surface area contributed by atoms with E-state index in [0.29, 0.717) is 12.5 Å². The van der Waals surface area contributed by atoms with Gasteiger partial charge in [0.2, 0.25) is 0 Å². The molecular weight excluding hydrogens is 262 g/mol. The molecular formula is C17H23N3O. The Morgan fingerprint density at radius 3 is 2.90 bits per heavy atom. The maximum Gasteiger partial charge on any atom is 0.0645 e. The zero-order valence-corrected chi connectivity index (χ0v) is 12.4. The monoisotopic (exact) mass is 285 g/mol. The molecule has 1 N–H and O–H groups in total. The van der Waals surface area contributed by atoms with Crippen LogP contribution in [0.1, 0.15) is 24.8 Å². The van der Waals surface area contributed by atoms with Gasteiger partial charge in [0, 0.05) is 31.5 Å². The van der Waals surface area contributed by atoms with E-state index in [-0.39, 0.29) is 0 Å². The summed E-state index contributed by atoms with van der Waals surface area (Å²) in [6.07, 6.45) is 7.49. The lowest BCUT2D eigenvalue weighted by Crippen LogP contribution is -2.35. The number of para-hydroxylation sites is 1. The van der Waals surface area contributed by atoms with Gasteiger partial charge in [-0.25, -0.2) is 4.68 Å². The SMILES string of the molecule is OCCC1CCCN(Cc2cnn(-c3ccccc3)c2)C1. The number of hydrogen-bond donors (Lipinski definition) is 1. The van der Waals surface area contributed by atoms with Gasteiger partial charge in [0.05, 0.1) is 11.9 Å². The highest BCUT2D eigenvalue weighted by Crippen LogP contribution is 2.21. The normalized spacial score (nSPS) is 19.8. The van der Waals surface area contributed by atoms with Crippen LogP contribution in [-0.4, -0.2) is 39.5 Å². The highest BCUT2D eigenvalue weighted by atomic mass is 16.3. The highest BCUT2D eigenvalue weighted by Gasteiger charge is 2.19. The Hall–Kier alpha value is -1.65. The van der Waals surface area contributed by atoms with E-state index in [4.69, 9.17) is 5.11 Å². The molecule has 3 rings (SSSR count). The number of hydrogen-bond acceptors (Lipinski definition) is 3. The zero-order chi connectivity index (χ0) is 14.5. The van der Waals surface area contributed by atoms with Crippen LogP contribution in [0.15, 0.2) is 42.7 Å². The van der Waals surface area contributed by atoms with Gasteiger partial charge in [0.15, 0.2) is 0 Å². The van der Waals surface area contributed by atoms with Crippen molar-refractivity contribution in [1.29, 1.82) is 0 Å². The molecule has 112 valence electrons. The topological polar surface area (TPSA) is 41.3 Å². The number of piperidine rings is 1. The van der Waals surface area contributed by atoms with Crippen molar-refractivity contribution < 1.29 is 5.11 Å². The molecule has 0 spiro atoms. The minimum atomic E-state index is 0.310. The summed E-state index contributed by atoms with van der Waals surface area (Å²) in [6.45, 7) is 3.51. The summed E-state index contributed by atoms with van der Waals surface area (Å²) < 4.78 is 1.94. The fourth-order valence-electron chi connectivity index (χ4n) is 3.13. The summed E-state index contributed by atoms with van der Waals surface area (Å²) in [5.41, 5.74) is 2.35. The molecule has 0 saturated carbocycles. The number of nitrogens with zero attached hydrogens (tertiary/aromatic N) is 3. The number of rotatable bonds is 5. The van der Waals surface area contributed by atoms with Gasteiger partial charge in [-0.2, -0.15) is 5.10 Å².